The number of nitrogens with one attached hydrogen (secondary N) is 2. The lowest BCUT2D eigenvalue weighted by Gasteiger charge is -2.15. The first-order chi connectivity index (χ1) is 11.5. The molecule has 1 heterocycles. The molecule has 5 heteroatoms. The monoisotopic (exact) mass is 339 g/mol. The van der Waals surface area contributed by atoms with E-state index in [0.29, 0.717) is 10.6 Å². The summed E-state index contributed by atoms with van der Waals surface area (Å²) in [7, 11) is 0. The molecule has 0 unspecified atom stereocenters. The van der Waals surface area contributed by atoms with Crippen LogP contribution < -0.4 is 10.6 Å². The molecule has 0 aliphatic heterocycles. The maximum atomic E-state index is 12.4. The number of rotatable bonds is 4. The van der Waals surface area contributed by atoms with Gasteiger partial charge in [0.25, 0.3) is 5.91 Å². The van der Waals surface area contributed by atoms with Crippen LogP contribution in [0.4, 0.5) is 11.4 Å². The Morgan fingerprint density at radius 1 is 1.08 bits per heavy atom. The standard InChI is InChI=1S/C19H18ClN3O/c1-12(2)22-19(24)15-5-3-4-6-16(15)23-17-9-10-21-18-11-13(20)7-8-14(17)18/h3-12H,1-2H3,(H,21,23)(H,22,24). The number of hydrogen-bond acceptors (Lipinski definition) is 3. The first-order valence-electron chi connectivity index (χ1n) is 7.76. The van der Waals surface area contributed by atoms with Crippen LogP contribution in [0, 0.1) is 0 Å². The van der Waals surface area contributed by atoms with Crippen molar-refractivity contribution >= 4 is 39.8 Å². The van der Waals surface area contributed by atoms with Gasteiger partial charge in [-0.25, -0.2) is 0 Å². The van der Waals surface area contributed by atoms with Gasteiger partial charge in [0.05, 0.1) is 16.8 Å². The number of pyridine rings is 1. The number of halogens is 1. The number of amides is 1. The van der Waals surface area contributed by atoms with E-state index >= 15 is 0 Å². The summed E-state index contributed by atoms with van der Waals surface area (Å²) in [6.07, 6.45) is 1.72. The summed E-state index contributed by atoms with van der Waals surface area (Å²) in [6, 6.07) is 15.0. The molecular formula is C19H18ClN3O. The molecule has 0 bridgehead atoms. The van der Waals surface area contributed by atoms with Crippen molar-refractivity contribution in [3.8, 4) is 0 Å². The SMILES string of the molecule is CC(C)NC(=O)c1ccccc1Nc1ccnc2cc(Cl)ccc12. The largest absolute Gasteiger partial charge is 0.354 e. The van der Waals surface area contributed by atoms with Crippen LogP contribution in [0.3, 0.4) is 0 Å². The van der Waals surface area contributed by atoms with Crippen molar-refractivity contribution in [3.05, 3.63) is 65.3 Å². The summed E-state index contributed by atoms with van der Waals surface area (Å²) in [5.74, 6) is -0.102. The van der Waals surface area contributed by atoms with E-state index in [-0.39, 0.29) is 11.9 Å². The highest BCUT2D eigenvalue weighted by Crippen LogP contribution is 2.28. The fourth-order valence-electron chi connectivity index (χ4n) is 2.51. The number of fused-ring (bicyclic) bond motifs is 1. The van der Waals surface area contributed by atoms with E-state index in [0.717, 1.165) is 22.3 Å². The third-order valence-electron chi connectivity index (χ3n) is 3.57. The van der Waals surface area contributed by atoms with Crippen LogP contribution in [0.15, 0.2) is 54.7 Å². The first-order valence-corrected chi connectivity index (χ1v) is 8.13. The highest BCUT2D eigenvalue weighted by atomic mass is 35.5. The number of carbonyl (C=O) groups excluding carboxylic acids is 1. The van der Waals surface area contributed by atoms with Gasteiger partial charge in [-0.2, -0.15) is 0 Å². The second-order valence-electron chi connectivity index (χ2n) is 5.82. The van der Waals surface area contributed by atoms with Gasteiger partial charge in [-0.05, 0) is 50.2 Å². The Bertz CT molecular complexity index is 893. The van der Waals surface area contributed by atoms with Gasteiger partial charge in [0.1, 0.15) is 0 Å². The molecule has 4 nitrogen and oxygen atoms in total. The number of hydrogen-bond donors (Lipinski definition) is 2. The van der Waals surface area contributed by atoms with E-state index in [1.165, 1.54) is 0 Å². The molecule has 0 saturated heterocycles. The second-order valence-corrected chi connectivity index (χ2v) is 6.26. The third kappa shape index (κ3) is 3.49. The van der Waals surface area contributed by atoms with Crippen molar-refractivity contribution < 1.29 is 4.79 Å². The number of para-hydroxylation sites is 1. The minimum atomic E-state index is -0.102. The van der Waals surface area contributed by atoms with Crippen LogP contribution in [0.25, 0.3) is 10.9 Å². The number of benzene rings is 2. The highest BCUT2D eigenvalue weighted by molar-refractivity contribution is 6.31. The van der Waals surface area contributed by atoms with Crippen LogP contribution in [0.2, 0.25) is 5.02 Å². The van der Waals surface area contributed by atoms with Gasteiger partial charge >= 0.3 is 0 Å². The molecule has 1 amide bonds. The van der Waals surface area contributed by atoms with Gasteiger partial charge < -0.3 is 10.6 Å². The Labute approximate surface area is 145 Å². The maximum Gasteiger partial charge on any atom is 0.253 e. The Morgan fingerprint density at radius 2 is 1.88 bits per heavy atom. The van der Waals surface area contributed by atoms with E-state index in [2.05, 4.69) is 15.6 Å². The van der Waals surface area contributed by atoms with Crippen LogP contribution in [-0.4, -0.2) is 16.9 Å². The minimum absolute atomic E-state index is 0.0782. The minimum Gasteiger partial charge on any atom is -0.354 e. The lowest BCUT2D eigenvalue weighted by molar-refractivity contribution is 0.0944. The average Bonchev–Trinajstić information content (AvgIpc) is 2.54. The second kappa shape index (κ2) is 6.89. The zero-order valence-corrected chi connectivity index (χ0v) is 14.3. The molecule has 0 atom stereocenters. The fourth-order valence-corrected chi connectivity index (χ4v) is 2.67. The van der Waals surface area contributed by atoms with Gasteiger partial charge in [0, 0.05) is 28.3 Å². The predicted molar refractivity (Wildman–Crippen MR) is 99.1 cm³/mol. The molecule has 1 aromatic heterocycles. The van der Waals surface area contributed by atoms with E-state index in [1.807, 2.05) is 56.3 Å². The van der Waals surface area contributed by atoms with Gasteiger partial charge in [-0.1, -0.05) is 23.7 Å². The van der Waals surface area contributed by atoms with Crippen molar-refractivity contribution in [1.82, 2.24) is 10.3 Å². The van der Waals surface area contributed by atoms with Gasteiger partial charge in [-0.15, -0.1) is 0 Å². The van der Waals surface area contributed by atoms with Crippen molar-refractivity contribution in [2.75, 3.05) is 5.32 Å². The Hall–Kier alpha value is -2.59. The molecule has 2 aromatic carbocycles. The molecule has 0 radical (unpaired) electrons. The van der Waals surface area contributed by atoms with Crippen molar-refractivity contribution in [3.63, 3.8) is 0 Å². The van der Waals surface area contributed by atoms with Crippen molar-refractivity contribution in [1.29, 1.82) is 0 Å². The van der Waals surface area contributed by atoms with E-state index in [1.54, 1.807) is 12.3 Å². The van der Waals surface area contributed by atoms with Gasteiger partial charge in [0.2, 0.25) is 0 Å². The average molecular weight is 340 g/mol. The van der Waals surface area contributed by atoms with Crippen LogP contribution >= 0.6 is 11.6 Å². The number of aromatic nitrogens is 1. The topological polar surface area (TPSA) is 54.0 Å². The quantitative estimate of drug-likeness (QED) is 0.719. The molecular weight excluding hydrogens is 322 g/mol. The summed E-state index contributed by atoms with van der Waals surface area (Å²) in [5.41, 5.74) is 3.03. The van der Waals surface area contributed by atoms with E-state index in [9.17, 15) is 4.79 Å². The molecule has 0 aliphatic rings. The van der Waals surface area contributed by atoms with E-state index < -0.39 is 0 Å². The molecule has 3 rings (SSSR count). The van der Waals surface area contributed by atoms with Crippen molar-refractivity contribution in [2.45, 2.75) is 19.9 Å². The molecule has 24 heavy (non-hydrogen) atoms. The number of nitrogens with zero attached hydrogens (tertiary/aromatic N) is 1. The molecule has 0 fully saturated rings. The Morgan fingerprint density at radius 3 is 2.67 bits per heavy atom. The Balaban J connectivity index is 1.99. The molecule has 0 saturated carbocycles. The highest BCUT2D eigenvalue weighted by Gasteiger charge is 2.13. The van der Waals surface area contributed by atoms with Crippen LogP contribution in [0.1, 0.15) is 24.2 Å². The zero-order valence-electron chi connectivity index (χ0n) is 13.5. The molecule has 3 aromatic rings. The van der Waals surface area contributed by atoms with Crippen molar-refractivity contribution in [2.24, 2.45) is 0 Å². The Kier molecular flexibility index (Phi) is 4.67. The van der Waals surface area contributed by atoms with Gasteiger partial charge in [0.15, 0.2) is 0 Å². The number of carbonyl (C=O) groups is 1. The predicted octanol–water partition coefficient (Wildman–Crippen LogP) is 4.77. The van der Waals surface area contributed by atoms with Crippen LogP contribution in [0.5, 0.6) is 0 Å². The van der Waals surface area contributed by atoms with E-state index in [4.69, 9.17) is 11.6 Å². The van der Waals surface area contributed by atoms with Gasteiger partial charge in [-0.3, -0.25) is 9.78 Å². The normalized spacial score (nSPS) is 10.8. The summed E-state index contributed by atoms with van der Waals surface area (Å²) in [5, 5.41) is 7.85. The maximum absolute atomic E-state index is 12.4. The molecule has 0 spiro atoms. The fraction of sp³-hybridized carbons (Fsp3) is 0.158. The summed E-state index contributed by atoms with van der Waals surface area (Å²) < 4.78 is 0. The first kappa shape index (κ1) is 16.3. The molecule has 122 valence electrons. The zero-order chi connectivity index (χ0) is 17.1. The summed E-state index contributed by atoms with van der Waals surface area (Å²) >= 11 is 6.03. The molecule has 2 N–H and O–H groups in total. The summed E-state index contributed by atoms with van der Waals surface area (Å²) in [4.78, 5) is 16.7. The smallest absolute Gasteiger partial charge is 0.253 e. The summed E-state index contributed by atoms with van der Waals surface area (Å²) in [6.45, 7) is 3.88. The lowest BCUT2D eigenvalue weighted by atomic mass is 10.1. The number of anilines is 2. The molecule has 0 aliphatic carbocycles. The van der Waals surface area contributed by atoms with Crippen LogP contribution in [-0.2, 0) is 0 Å². The third-order valence-corrected chi connectivity index (χ3v) is 3.80. The lowest BCUT2D eigenvalue weighted by Crippen LogP contribution is -2.30.